The summed E-state index contributed by atoms with van der Waals surface area (Å²) in [4.78, 5) is 14.8. The van der Waals surface area contributed by atoms with Gasteiger partial charge in [0.1, 0.15) is 23.7 Å². The van der Waals surface area contributed by atoms with Crippen molar-refractivity contribution in [3.05, 3.63) is 47.8 Å². The van der Waals surface area contributed by atoms with Gasteiger partial charge in [-0.15, -0.1) is 0 Å². The van der Waals surface area contributed by atoms with Gasteiger partial charge in [-0.25, -0.2) is 0 Å². The van der Waals surface area contributed by atoms with Crippen molar-refractivity contribution in [2.45, 2.75) is 38.8 Å². The smallest absolute Gasteiger partial charge is 0.272 e. The summed E-state index contributed by atoms with van der Waals surface area (Å²) < 4.78 is 7.62. The fourth-order valence-electron chi connectivity index (χ4n) is 3.47. The molecular formula is C19H23N3O2. The van der Waals surface area contributed by atoms with Crippen molar-refractivity contribution in [3.8, 4) is 5.75 Å². The number of rotatable bonds is 5. The fraction of sp³-hybridized carbons (Fsp3) is 0.474. The lowest BCUT2D eigenvalue weighted by atomic mass is 9.85. The first-order valence-electron chi connectivity index (χ1n) is 8.76. The molecule has 1 aliphatic carbocycles. The van der Waals surface area contributed by atoms with Crippen molar-refractivity contribution in [3.63, 3.8) is 0 Å². The number of amides is 1. The third-order valence-electron chi connectivity index (χ3n) is 5.03. The summed E-state index contributed by atoms with van der Waals surface area (Å²) in [5.41, 5.74) is 1.50. The topological polar surface area (TPSA) is 47.4 Å². The maximum absolute atomic E-state index is 12.7. The van der Waals surface area contributed by atoms with Gasteiger partial charge >= 0.3 is 0 Å². The minimum Gasteiger partial charge on any atom is -0.487 e. The maximum Gasteiger partial charge on any atom is 0.272 e. The summed E-state index contributed by atoms with van der Waals surface area (Å²) in [5, 5.41) is 4.59. The normalized spacial score (nSPS) is 20.6. The van der Waals surface area contributed by atoms with Gasteiger partial charge in [0.2, 0.25) is 0 Å². The van der Waals surface area contributed by atoms with Crippen molar-refractivity contribution >= 4 is 5.91 Å². The Bertz CT molecular complexity index is 721. The second-order valence-electron chi connectivity index (χ2n) is 6.92. The molecule has 0 radical (unpaired) electrons. The zero-order chi connectivity index (χ0) is 16.5. The molecule has 5 nitrogen and oxygen atoms in total. The van der Waals surface area contributed by atoms with Crippen LogP contribution in [0, 0.1) is 5.92 Å². The first kappa shape index (κ1) is 15.2. The first-order chi connectivity index (χ1) is 11.7. The van der Waals surface area contributed by atoms with Crippen LogP contribution in [0.15, 0.2) is 36.4 Å². The van der Waals surface area contributed by atoms with Gasteiger partial charge in [-0.3, -0.25) is 9.48 Å². The maximum atomic E-state index is 12.7. The van der Waals surface area contributed by atoms with Crippen molar-refractivity contribution in [1.82, 2.24) is 14.7 Å². The van der Waals surface area contributed by atoms with Crippen LogP contribution in [0.5, 0.6) is 5.75 Å². The number of carbonyl (C=O) groups excluding carboxylic acids is 1. The third-order valence-corrected chi connectivity index (χ3v) is 5.03. The number of hydrogen-bond donors (Lipinski definition) is 0. The Morgan fingerprint density at radius 1 is 1.25 bits per heavy atom. The summed E-state index contributed by atoms with van der Waals surface area (Å²) in [6.07, 6.45) is 3.82. The molecule has 2 aliphatic rings. The average Bonchev–Trinajstić information content (AvgIpc) is 2.99. The van der Waals surface area contributed by atoms with E-state index in [0.717, 1.165) is 24.5 Å². The standard InChI is InChI=1S/C19H23N3O2/c1-14-11-21(12-15-6-5-7-15)19(23)18-10-16(20-22(14)18)13-24-17-8-3-2-4-9-17/h2-4,8-10,14-15H,5-7,11-13H2,1H3. The Kier molecular flexibility index (Phi) is 4.00. The molecule has 1 fully saturated rings. The van der Waals surface area contributed by atoms with Crippen LogP contribution in [0.2, 0.25) is 0 Å². The number of aromatic nitrogens is 2. The highest BCUT2D eigenvalue weighted by Gasteiger charge is 2.33. The van der Waals surface area contributed by atoms with Gasteiger partial charge in [0.15, 0.2) is 0 Å². The van der Waals surface area contributed by atoms with Crippen molar-refractivity contribution < 1.29 is 9.53 Å². The van der Waals surface area contributed by atoms with E-state index in [0.29, 0.717) is 18.2 Å². The van der Waals surface area contributed by atoms with Crippen molar-refractivity contribution in [2.24, 2.45) is 5.92 Å². The Labute approximate surface area is 142 Å². The molecule has 0 N–H and O–H groups in total. The van der Waals surface area contributed by atoms with Gasteiger partial charge in [-0.1, -0.05) is 24.6 Å². The van der Waals surface area contributed by atoms with Crippen LogP contribution >= 0.6 is 0 Å². The number of para-hydroxylation sites is 1. The van der Waals surface area contributed by atoms with Crippen LogP contribution in [0.3, 0.4) is 0 Å². The molecule has 1 aliphatic heterocycles. The highest BCUT2D eigenvalue weighted by molar-refractivity contribution is 5.93. The number of fused-ring (bicyclic) bond motifs is 1. The molecule has 1 unspecified atom stereocenters. The monoisotopic (exact) mass is 325 g/mol. The van der Waals surface area contributed by atoms with Crippen LogP contribution < -0.4 is 4.74 Å². The molecule has 5 heteroatoms. The molecule has 1 aromatic heterocycles. The molecule has 126 valence electrons. The Morgan fingerprint density at radius 3 is 2.75 bits per heavy atom. The first-order valence-corrected chi connectivity index (χ1v) is 8.76. The van der Waals surface area contributed by atoms with Crippen LogP contribution in [0.4, 0.5) is 0 Å². The van der Waals surface area contributed by atoms with Gasteiger partial charge < -0.3 is 9.64 Å². The van der Waals surface area contributed by atoms with Gasteiger partial charge in [-0.05, 0) is 43.9 Å². The highest BCUT2D eigenvalue weighted by Crippen LogP contribution is 2.30. The number of hydrogen-bond acceptors (Lipinski definition) is 3. The second-order valence-corrected chi connectivity index (χ2v) is 6.92. The van der Waals surface area contributed by atoms with Crippen molar-refractivity contribution in [1.29, 1.82) is 0 Å². The van der Waals surface area contributed by atoms with E-state index in [9.17, 15) is 4.79 Å². The lowest BCUT2D eigenvalue weighted by Crippen LogP contribution is -2.45. The predicted octanol–water partition coefficient (Wildman–Crippen LogP) is 3.28. The zero-order valence-corrected chi connectivity index (χ0v) is 14.0. The molecule has 4 rings (SSSR count). The minimum atomic E-state index is 0.110. The number of ether oxygens (including phenoxy) is 1. The fourth-order valence-corrected chi connectivity index (χ4v) is 3.47. The van der Waals surface area contributed by atoms with E-state index in [1.165, 1.54) is 19.3 Å². The summed E-state index contributed by atoms with van der Waals surface area (Å²) in [6.45, 7) is 4.15. The SMILES string of the molecule is CC1CN(CC2CCC2)C(=O)c2cc(COc3ccccc3)nn21. The second kappa shape index (κ2) is 6.30. The number of nitrogens with zero attached hydrogens (tertiary/aromatic N) is 3. The van der Waals surface area contributed by atoms with E-state index in [1.54, 1.807) is 0 Å². The largest absolute Gasteiger partial charge is 0.487 e. The quantitative estimate of drug-likeness (QED) is 0.847. The minimum absolute atomic E-state index is 0.110. The molecule has 1 saturated carbocycles. The van der Waals surface area contributed by atoms with Gasteiger partial charge in [0.25, 0.3) is 5.91 Å². The van der Waals surface area contributed by atoms with Crippen molar-refractivity contribution in [2.75, 3.05) is 13.1 Å². The lowest BCUT2D eigenvalue weighted by molar-refractivity contribution is 0.0595. The zero-order valence-electron chi connectivity index (χ0n) is 14.0. The van der Waals surface area contributed by atoms with Crippen LogP contribution in [-0.2, 0) is 6.61 Å². The predicted molar refractivity (Wildman–Crippen MR) is 91.0 cm³/mol. The molecule has 2 aromatic rings. The Balaban J connectivity index is 1.47. The molecule has 1 amide bonds. The van der Waals surface area contributed by atoms with E-state index in [2.05, 4.69) is 12.0 Å². The number of benzene rings is 1. The van der Waals surface area contributed by atoms with E-state index in [1.807, 2.05) is 46.0 Å². The molecule has 1 aromatic carbocycles. The molecule has 1 atom stereocenters. The summed E-state index contributed by atoms with van der Waals surface area (Å²) in [7, 11) is 0. The van der Waals surface area contributed by atoms with Gasteiger partial charge in [0, 0.05) is 13.1 Å². The van der Waals surface area contributed by atoms with Crippen LogP contribution in [0.25, 0.3) is 0 Å². The summed E-state index contributed by atoms with van der Waals surface area (Å²) in [6, 6.07) is 11.8. The average molecular weight is 325 g/mol. The molecule has 24 heavy (non-hydrogen) atoms. The Hall–Kier alpha value is -2.30. The Morgan fingerprint density at radius 2 is 2.04 bits per heavy atom. The van der Waals surface area contributed by atoms with E-state index < -0.39 is 0 Å². The third kappa shape index (κ3) is 2.90. The molecule has 0 bridgehead atoms. The van der Waals surface area contributed by atoms with Gasteiger partial charge in [-0.2, -0.15) is 5.10 Å². The highest BCUT2D eigenvalue weighted by atomic mass is 16.5. The molecule has 2 heterocycles. The number of carbonyl (C=O) groups is 1. The van der Waals surface area contributed by atoms with E-state index >= 15 is 0 Å². The van der Waals surface area contributed by atoms with E-state index in [4.69, 9.17) is 4.74 Å². The summed E-state index contributed by atoms with van der Waals surface area (Å²) >= 11 is 0. The summed E-state index contributed by atoms with van der Waals surface area (Å²) in [5.74, 6) is 1.62. The molecule has 0 spiro atoms. The van der Waals surface area contributed by atoms with E-state index in [-0.39, 0.29) is 11.9 Å². The lowest BCUT2D eigenvalue weighted by Gasteiger charge is -2.36. The van der Waals surface area contributed by atoms with Gasteiger partial charge in [0.05, 0.1) is 6.04 Å². The van der Waals surface area contributed by atoms with Crippen LogP contribution in [-0.4, -0.2) is 33.7 Å². The molecule has 0 saturated heterocycles. The molecular weight excluding hydrogens is 302 g/mol. The van der Waals surface area contributed by atoms with Crippen LogP contribution in [0.1, 0.15) is 48.4 Å².